The number of aromatic nitrogens is 2. The van der Waals surface area contributed by atoms with Gasteiger partial charge >= 0.3 is 0 Å². The smallest absolute Gasteiger partial charge is 0.266 e. The molecule has 0 radical (unpaired) electrons. The van der Waals surface area contributed by atoms with Gasteiger partial charge in [0.15, 0.2) is 0 Å². The van der Waals surface area contributed by atoms with E-state index in [4.69, 9.17) is 0 Å². The summed E-state index contributed by atoms with van der Waals surface area (Å²) >= 11 is 3.38. The molecule has 0 saturated carbocycles. The molecule has 0 aliphatic carbocycles. The van der Waals surface area contributed by atoms with Gasteiger partial charge in [-0.25, -0.2) is 0 Å². The molecule has 1 N–H and O–H groups in total. The number of aromatic amines is 1. The number of nitrogens with one attached hydrogen (secondary N) is 1. The zero-order valence-electron chi connectivity index (χ0n) is 8.33. The summed E-state index contributed by atoms with van der Waals surface area (Å²) in [5.74, 6) is 0. The van der Waals surface area contributed by atoms with E-state index in [1.807, 2.05) is 30.5 Å². The van der Waals surface area contributed by atoms with Crippen molar-refractivity contribution in [3.63, 3.8) is 0 Å². The summed E-state index contributed by atoms with van der Waals surface area (Å²) in [6.07, 6.45) is 1.82. The Morgan fingerprint density at radius 2 is 2.00 bits per heavy atom. The maximum Gasteiger partial charge on any atom is 0.266 e. The first-order chi connectivity index (χ1) is 7.15. The molecule has 0 fully saturated rings. The van der Waals surface area contributed by atoms with Gasteiger partial charge in [0.1, 0.15) is 0 Å². The minimum absolute atomic E-state index is 0.0212. The van der Waals surface area contributed by atoms with Crippen LogP contribution < -0.4 is 5.56 Å². The Hall–Kier alpha value is -1.29. The van der Waals surface area contributed by atoms with E-state index in [0.717, 1.165) is 15.6 Å². The molecule has 3 nitrogen and oxygen atoms in total. The normalized spacial score (nSPS) is 10.5. The maximum atomic E-state index is 11.2. The number of benzene rings is 1. The molecule has 0 saturated heterocycles. The predicted octanol–water partition coefficient (Wildman–Crippen LogP) is 2.30. The number of aryl methyl sites for hydroxylation is 1. The minimum Gasteiger partial charge on any atom is -0.288 e. The zero-order chi connectivity index (χ0) is 10.8. The molecule has 0 aliphatic rings. The van der Waals surface area contributed by atoms with Crippen LogP contribution in [0.1, 0.15) is 11.1 Å². The van der Waals surface area contributed by atoms with E-state index in [1.165, 1.54) is 0 Å². The summed E-state index contributed by atoms with van der Waals surface area (Å²) in [5, 5.41) is 2.76. The van der Waals surface area contributed by atoms with Crippen molar-refractivity contribution in [2.45, 2.75) is 13.5 Å². The van der Waals surface area contributed by atoms with Crippen molar-refractivity contribution in [2.75, 3.05) is 0 Å². The third-order valence-corrected chi connectivity index (χ3v) is 2.75. The first-order valence-corrected chi connectivity index (χ1v) is 5.45. The Morgan fingerprint density at radius 3 is 2.53 bits per heavy atom. The molecular formula is C11H11BrN2O. The number of hydrogen-bond donors (Lipinski definition) is 1. The van der Waals surface area contributed by atoms with Crippen LogP contribution in [0.5, 0.6) is 0 Å². The van der Waals surface area contributed by atoms with Gasteiger partial charge in [-0.2, -0.15) is 0 Å². The van der Waals surface area contributed by atoms with Crippen molar-refractivity contribution < 1.29 is 0 Å². The quantitative estimate of drug-likeness (QED) is 0.890. The van der Waals surface area contributed by atoms with Crippen LogP contribution in [0, 0.1) is 6.92 Å². The van der Waals surface area contributed by atoms with Gasteiger partial charge in [0, 0.05) is 16.2 Å². The number of halogens is 1. The lowest BCUT2D eigenvalue weighted by atomic mass is 10.2. The largest absolute Gasteiger partial charge is 0.288 e. The second kappa shape index (κ2) is 4.06. The van der Waals surface area contributed by atoms with E-state index in [-0.39, 0.29) is 5.56 Å². The summed E-state index contributed by atoms with van der Waals surface area (Å²) in [6.45, 7) is 2.49. The summed E-state index contributed by atoms with van der Waals surface area (Å²) in [4.78, 5) is 11.2. The van der Waals surface area contributed by atoms with Gasteiger partial charge in [-0.1, -0.05) is 28.1 Å². The summed E-state index contributed by atoms with van der Waals surface area (Å²) < 4.78 is 2.85. The molecule has 1 heterocycles. The Labute approximate surface area is 95.9 Å². The lowest BCUT2D eigenvalue weighted by molar-refractivity contribution is 0.679. The average Bonchev–Trinajstić information content (AvgIpc) is 2.50. The van der Waals surface area contributed by atoms with Gasteiger partial charge in [-0.3, -0.25) is 14.6 Å². The van der Waals surface area contributed by atoms with Crippen LogP contribution in [-0.4, -0.2) is 9.78 Å². The van der Waals surface area contributed by atoms with Crippen molar-refractivity contribution in [3.8, 4) is 0 Å². The number of rotatable bonds is 2. The van der Waals surface area contributed by atoms with Gasteiger partial charge in [0.25, 0.3) is 5.56 Å². The molecule has 1 aromatic heterocycles. The standard InChI is InChI=1S/C11H11BrN2O/c1-8-6-14(13-11(8)15)7-9-2-4-10(12)5-3-9/h2-6H,7H2,1H3,(H,13,15). The molecule has 4 heteroatoms. The van der Waals surface area contributed by atoms with Crippen LogP contribution in [0.2, 0.25) is 0 Å². The van der Waals surface area contributed by atoms with E-state index in [1.54, 1.807) is 11.6 Å². The molecular weight excluding hydrogens is 256 g/mol. The topological polar surface area (TPSA) is 37.8 Å². The highest BCUT2D eigenvalue weighted by molar-refractivity contribution is 9.10. The minimum atomic E-state index is -0.0212. The van der Waals surface area contributed by atoms with E-state index in [9.17, 15) is 4.79 Å². The fraction of sp³-hybridized carbons (Fsp3) is 0.182. The van der Waals surface area contributed by atoms with E-state index >= 15 is 0 Å². The van der Waals surface area contributed by atoms with Crippen LogP contribution in [0.3, 0.4) is 0 Å². The summed E-state index contributed by atoms with van der Waals surface area (Å²) in [7, 11) is 0. The second-order valence-corrected chi connectivity index (χ2v) is 4.42. The highest BCUT2D eigenvalue weighted by Crippen LogP contribution is 2.11. The molecule has 0 spiro atoms. The van der Waals surface area contributed by atoms with E-state index in [0.29, 0.717) is 6.54 Å². The van der Waals surface area contributed by atoms with Gasteiger partial charge in [0.05, 0.1) is 6.54 Å². The SMILES string of the molecule is Cc1cn(Cc2ccc(Br)cc2)[nH]c1=O. The van der Waals surface area contributed by atoms with Crippen LogP contribution in [-0.2, 0) is 6.54 Å². The molecule has 0 unspecified atom stereocenters. The van der Waals surface area contributed by atoms with Crippen LogP contribution in [0.4, 0.5) is 0 Å². The first-order valence-electron chi connectivity index (χ1n) is 4.65. The molecule has 15 heavy (non-hydrogen) atoms. The third-order valence-electron chi connectivity index (χ3n) is 2.22. The van der Waals surface area contributed by atoms with Crippen LogP contribution >= 0.6 is 15.9 Å². The third kappa shape index (κ3) is 2.39. The summed E-state index contributed by atoms with van der Waals surface area (Å²) in [6, 6.07) is 8.03. The molecule has 0 atom stereocenters. The Kier molecular flexibility index (Phi) is 2.77. The molecule has 1 aromatic carbocycles. The van der Waals surface area contributed by atoms with Crippen LogP contribution in [0.25, 0.3) is 0 Å². The van der Waals surface area contributed by atoms with E-state index in [2.05, 4.69) is 21.0 Å². The lowest BCUT2D eigenvalue weighted by Crippen LogP contribution is -2.07. The predicted molar refractivity (Wildman–Crippen MR) is 63.0 cm³/mol. The molecule has 2 aromatic rings. The van der Waals surface area contributed by atoms with Gasteiger partial charge in [-0.15, -0.1) is 0 Å². The van der Waals surface area contributed by atoms with E-state index < -0.39 is 0 Å². The highest BCUT2D eigenvalue weighted by Gasteiger charge is 1.99. The molecule has 78 valence electrons. The van der Waals surface area contributed by atoms with Gasteiger partial charge in [-0.05, 0) is 24.6 Å². The number of hydrogen-bond acceptors (Lipinski definition) is 1. The fourth-order valence-corrected chi connectivity index (χ4v) is 1.68. The summed E-state index contributed by atoms with van der Waals surface area (Å²) in [5.41, 5.74) is 1.88. The Balaban J connectivity index is 2.22. The Bertz CT molecular complexity index is 510. The second-order valence-electron chi connectivity index (χ2n) is 3.51. The molecule has 0 amide bonds. The van der Waals surface area contributed by atoms with Crippen molar-refractivity contribution >= 4 is 15.9 Å². The first kappa shape index (κ1) is 10.2. The zero-order valence-corrected chi connectivity index (χ0v) is 9.91. The highest BCUT2D eigenvalue weighted by atomic mass is 79.9. The van der Waals surface area contributed by atoms with Gasteiger partial charge < -0.3 is 0 Å². The van der Waals surface area contributed by atoms with Crippen molar-refractivity contribution in [1.29, 1.82) is 0 Å². The van der Waals surface area contributed by atoms with Crippen molar-refractivity contribution in [2.24, 2.45) is 0 Å². The molecule has 2 rings (SSSR count). The average molecular weight is 267 g/mol. The van der Waals surface area contributed by atoms with Crippen LogP contribution in [0.15, 0.2) is 39.7 Å². The monoisotopic (exact) mass is 266 g/mol. The molecule has 0 aliphatic heterocycles. The number of nitrogens with zero attached hydrogens (tertiary/aromatic N) is 1. The lowest BCUT2D eigenvalue weighted by Gasteiger charge is -2.02. The maximum absolute atomic E-state index is 11.2. The number of H-pyrrole nitrogens is 1. The molecule has 0 bridgehead atoms. The van der Waals surface area contributed by atoms with Crippen molar-refractivity contribution in [1.82, 2.24) is 9.78 Å². The van der Waals surface area contributed by atoms with Crippen molar-refractivity contribution in [3.05, 3.63) is 56.4 Å². The Morgan fingerprint density at radius 1 is 1.33 bits per heavy atom. The fourth-order valence-electron chi connectivity index (χ4n) is 1.41. The van der Waals surface area contributed by atoms with Gasteiger partial charge in [0.2, 0.25) is 0 Å².